The lowest BCUT2D eigenvalue weighted by Gasteiger charge is -2.02. The van der Waals surface area contributed by atoms with E-state index in [1.165, 1.54) is 12.1 Å². The molecule has 0 aliphatic heterocycles. The molecule has 17 heavy (non-hydrogen) atoms. The smallest absolute Gasteiger partial charge is 0.331 e. The SMILES string of the molecule is NC=C(C=NC(F)F)c1ccc(C=O)c(F)c1. The van der Waals surface area contributed by atoms with Crippen molar-refractivity contribution in [2.45, 2.75) is 6.55 Å². The molecule has 90 valence electrons. The van der Waals surface area contributed by atoms with Crippen molar-refractivity contribution in [1.29, 1.82) is 0 Å². The largest absolute Gasteiger partial charge is 0.404 e. The third-order valence-corrected chi connectivity index (χ3v) is 1.97. The molecule has 1 rings (SSSR count). The van der Waals surface area contributed by atoms with E-state index in [1.807, 2.05) is 0 Å². The van der Waals surface area contributed by atoms with Crippen LogP contribution >= 0.6 is 0 Å². The van der Waals surface area contributed by atoms with Gasteiger partial charge in [0.2, 0.25) is 0 Å². The molecule has 0 spiro atoms. The Morgan fingerprint density at radius 1 is 1.41 bits per heavy atom. The highest BCUT2D eigenvalue weighted by Crippen LogP contribution is 2.15. The minimum absolute atomic E-state index is 0.115. The Balaban J connectivity index is 3.06. The van der Waals surface area contributed by atoms with E-state index in [0.717, 1.165) is 18.5 Å². The van der Waals surface area contributed by atoms with E-state index >= 15 is 0 Å². The number of aldehydes is 1. The van der Waals surface area contributed by atoms with Crippen molar-refractivity contribution < 1.29 is 18.0 Å². The third kappa shape index (κ3) is 3.44. The summed E-state index contributed by atoms with van der Waals surface area (Å²) in [6, 6.07) is 3.65. The first-order chi connectivity index (χ1) is 8.08. The first kappa shape index (κ1) is 13.0. The summed E-state index contributed by atoms with van der Waals surface area (Å²) in [5.74, 6) is -0.748. The Morgan fingerprint density at radius 3 is 2.59 bits per heavy atom. The molecule has 0 saturated heterocycles. The van der Waals surface area contributed by atoms with Gasteiger partial charge < -0.3 is 5.73 Å². The second-order valence-electron chi connectivity index (χ2n) is 3.03. The molecule has 0 aromatic heterocycles. The van der Waals surface area contributed by atoms with Gasteiger partial charge in [0.1, 0.15) is 5.82 Å². The molecule has 2 N–H and O–H groups in total. The summed E-state index contributed by atoms with van der Waals surface area (Å²) in [6.07, 6.45) is 2.24. The molecule has 0 bridgehead atoms. The molecule has 1 aromatic rings. The highest BCUT2D eigenvalue weighted by Gasteiger charge is 2.05. The van der Waals surface area contributed by atoms with Crippen LogP contribution in [0.3, 0.4) is 0 Å². The summed E-state index contributed by atoms with van der Waals surface area (Å²) in [7, 11) is 0. The Bertz CT molecular complexity index is 470. The van der Waals surface area contributed by atoms with E-state index in [4.69, 9.17) is 5.73 Å². The molecule has 0 unspecified atom stereocenters. The summed E-state index contributed by atoms with van der Waals surface area (Å²) >= 11 is 0. The van der Waals surface area contributed by atoms with Crippen LogP contribution in [0.2, 0.25) is 0 Å². The number of alkyl halides is 2. The monoisotopic (exact) mass is 242 g/mol. The normalized spacial score (nSPS) is 12.4. The quantitative estimate of drug-likeness (QED) is 0.500. The molecule has 0 aliphatic rings. The number of hydrogen-bond acceptors (Lipinski definition) is 3. The molecule has 0 saturated carbocycles. The van der Waals surface area contributed by atoms with Crippen LogP contribution in [0.4, 0.5) is 13.2 Å². The van der Waals surface area contributed by atoms with Gasteiger partial charge in [-0.2, -0.15) is 8.78 Å². The van der Waals surface area contributed by atoms with E-state index < -0.39 is 12.4 Å². The van der Waals surface area contributed by atoms with Crippen molar-refractivity contribution in [2.75, 3.05) is 0 Å². The predicted octanol–water partition coefficient (Wildman–Crippen LogP) is 2.23. The molecule has 0 radical (unpaired) electrons. The van der Waals surface area contributed by atoms with E-state index in [2.05, 4.69) is 4.99 Å². The van der Waals surface area contributed by atoms with Crippen molar-refractivity contribution in [3.05, 3.63) is 41.3 Å². The number of halogens is 3. The molecule has 6 heteroatoms. The molecule has 1 aromatic carbocycles. The topological polar surface area (TPSA) is 55.4 Å². The van der Waals surface area contributed by atoms with Gasteiger partial charge in [-0.1, -0.05) is 6.07 Å². The zero-order valence-electron chi connectivity index (χ0n) is 8.61. The average Bonchev–Trinajstić information content (AvgIpc) is 2.29. The number of allylic oxidation sites excluding steroid dienone is 1. The van der Waals surface area contributed by atoms with Gasteiger partial charge >= 0.3 is 6.55 Å². The van der Waals surface area contributed by atoms with Gasteiger partial charge in [-0.25, -0.2) is 9.38 Å². The number of rotatable bonds is 4. The van der Waals surface area contributed by atoms with E-state index in [0.29, 0.717) is 6.29 Å². The van der Waals surface area contributed by atoms with E-state index in [-0.39, 0.29) is 16.7 Å². The molecular formula is C11H9F3N2O. The number of carbonyl (C=O) groups excluding carboxylic acids is 1. The molecule has 0 atom stereocenters. The fraction of sp³-hybridized carbons (Fsp3) is 0.0909. The molecular weight excluding hydrogens is 233 g/mol. The van der Waals surface area contributed by atoms with Crippen molar-refractivity contribution in [3.63, 3.8) is 0 Å². The lowest BCUT2D eigenvalue weighted by molar-refractivity contribution is 0.111. The van der Waals surface area contributed by atoms with Gasteiger partial charge in [-0.05, 0) is 17.7 Å². The lowest BCUT2D eigenvalue weighted by atomic mass is 10.1. The van der Waals surface area contributed by atoms with Crippen molar-refractivity contribution in [1.82, 2.24) is 0 Å². The van der Waals surface area contributed by atoms with E-state index in [9.17, 15) is 18.0 Å². The molecule has 0 fully saturated rings. The fourth-order valence-corrected chi connectivity index (χ4v) is 1.15. The fourth-order valence-electron chi connectivity index (χ4n) is 1.15. The van der Waals surface area contributed by atoms with Gasteiger partial charge in [-0.15, -0.1) is 0 Å². The maximum Gasteiger partial charge on any atom is 0.331 e. The standard InChI is InChI=1S/C11H9F3N2O/c12-10-3-7(1-2-8(10)6-17)9(4-15)5-16-11(13)14/h1-6,11H,15H2. The van der Waals surface area contributed by atoms with Gasteiger partial charge in [0.25, 0.3) is 0 Å². The van der Waals surface area contributed by atoms with Crippen molar-refractivity contribution in [2.24, 2.45) is 10.7 Å². The Morgan fingerprint density at radius 2 is 2.12 bits per heavy atom. The van der Waals surface area contributed by atoms with Crippen LogP contribution < -0.4 is 5.73 Å². The summed E-state index contributed by atoms with van der Waals surface area (Å²) in [5, 5.41) is 0. The maximum atomic E-state index is 13.3. The van der Waals surface area contributed by atoms with Gasteiger partial charge in [0.05, 0.1) is 5.56 Å². The van der Waals surface area contributed by atoms with Gasteiger partial charge in [-0.3, -0.25) is 4.79 Å². The summed E-state index contributed by atoms with van der Waals surface area (Å²) < 4.78 is 37.0. The van der Waals surface area contributed by atoms with Gasteiger partial charge in [0.15, 0.2) is 6.29 Å². The molecule has 0 heterocycles. The molecule has 0 amide bonds. The van der Waals surface area contributed by atoms with Crippen LogP contribution in [-0.4, -0.2) is 19.1 Å². The zero-order valence-corrected chi connectivity index (χ0v) is 8.61. The van der Waals surface area contributed by atoms with Crippen LogP contribution in [-0.2, 0) is 0 Å². The van der Waals surface area contributed by atoms with Crippen molar-refractivity contribution >= 4 is 18.1 Å². The minimum Gasteiger partial charge on any atom is -0.404 e. The first-order valence-electron chi connectivity index (χ1n) is 4.56. The summed E-state index contributed by atoms with van der Waals surface area (Å²) in [6.45, 7) is -2.86. The number of carbonyl (C=O) groups is 1. The van der Waals surface area contributed by atoms with Crippen LogP contribution in [0, 0.1) is 5.82 Å². The number of benzene rings is 1. The highest BCUT2D eigenvalue weighted by molar-refractivity contribution is 6.09. The average molecular weight is 242 g/mol. The van der Waals surface area contributed by atoms with Gasteiger partial charge in [0, 0.05) is 18.0 Å². The third-order valence-electron chi connectivity index (χ3n) is 1.97. The van der Waals surface area contributed by atoms with Crippen LogP contribution in [0.5, 0.6) is 0 Å². The highest BCUT2D eigenvalue weighted by atomic mass is 19.3. The minimum atomic E-state index is -2.86. The Kier molecular flexibility index (Phi) is 4.45. The van der Waals surface area contributed by atoms with E-state index in [1.54, 1.807) is 0 Å². The van der Waals surface area contributed by atoms with Crippen LogP contribution in [0.25, 0.3) is 5.57 Å². The van der Waals surface area contributed by atoms with Crippen molar-refractivity contribution in [3.8, 4) is 0 Å². The van der Waals surface area contributed by atoms with Crippen LogP contribution in [0.15, 0.2) is 29.4 Å². The zero-order chi connectivity index (χ0) is 12.8. The maximum absolute atomic E-state index is 13.3. The molecule has 3 nitrogen and oxygen atoms in total. The summed E-state index contributed by atoms with van der Waals surface area (Å²) in [4.78, 5) is 13.2. The summed E-state index contributed by atoms with van der Waals surface area (Å²) in [5.41, 5.74) is 5.51. The second kappa shape index (κ2) is 5.83. The Labute approximate surface area is 95.5 Å². The first-order valence-corrected chi connectivity index (χ1v) is 4.56. The molecule has 0 aliphatic carbocycles. The lowest BCUT2D eigenvalue weighted by Crippen LogP contribution is -1.96. The number of nitrogens with zero attached hydrogens (tertiary/aromatic N) is 1. The predicted molar refractivity (Wildman–Crippen MR) is 58.4 cm³/mol. The number of nitrogens with two attached hydrogens (primary N) is 1. The number of aliphatic imine (C=N–C) groups is 1. The Hall–Kier alpha value is -2.11. The van der Waals surface area contributed by atoms with Crippen LogP contribution in [0.1, 0.15) is 15.9 Å². The second-order valence-corrected chi connectivity index (χ2v) is 3.03. The number of hydrogen-bond donors (Lipinski definition) is 1.